The van der Waals surface area contributed by atoms with Gasteiger partial charge in [-0.1, -0.05) is 6.92 Å². The van der Waals surface area contributed by atoms with Crippen LogP contribution in [0.3, 0.4) is 0 Å². The summed E-state index contributed by atoms with van der Waals surface area (Å²) < 4.78 is 27.3. The van der Waals surface area contributed by atoms with Crippen molar-refractivity contribution in [3.63, 3.8) is 0 Å². The van der Waals surface area contributed by atoms with Gasteiger partial charge in [-0.25, -0.2) is 8.78 Å². The van der Waals surface area contributed by atoms with Gasteiger partial charge in [0.05, 0.1) is 0 Å². The molecule has 4 heteroatoms. The molecule has 2 N–H and O–H groups in total. The molecule has 1 aliphatic heterocycles. The van der Waals surface area contributed by atoms with Crippen molar-refractivity contribution >= 4 is 0 Å². The first kappa shape index (κ1) is 15.4. The Hall–Kier alpha value is -1.00. The maximum atomic E-state index is 13.9. The highest BCUT2D eigenvalue weighted by Crippen LogP contribution is 2.33. The van der Waals surface area contributed by atoms with E-state index < -0.39 is 0 Å². The van der Waals surface area contributed by atoms with Crippen molar-refractivity contribution in [3.05, 3.63) is 35.4 Å². The molecule has 1 saturated heterocycles. The van der Waals surface area contributed by atoms with Crippen LogP contribution < -0.4 is 5.73 Å². The van der Waals surface area contributed by atoms with Crippen molar-refractivity contribution in [2.24, 2.45) is 11.7 Å². The smallest absolute Gasteiger partial charge is 0.126 e. The Balaban J connectivity index is 2.07. The van der Waals surface area contributed by atoms with Crippen LogP contribution in [0.5, 0.6) is 0 Å². The number of hydrogen-bond donors (Lipinski definition) is 1. The predicted molar refractivity (Wildman–Crippen MR) is 77.6 cm³/mol. The molecular formula is C16H24F2N2. The van der Waals surface area contributed by atoms with E-state index in [4.69, 9.17) is 5.73 Å². The van der Waals surface area contributed by atoms with Crippen LogP contribution >= 0.6 is 0 Å². The summed E-state index contributed by atoms with van der Waals surface area (Å²) in [6.45, 7) is 5.74. The molecule has 0 aromatic heterocycles. The van der Waals surface area contributed by atoms with Gasteiger partial charge >= 0.3 is 0 Å². The lowest BCUT2D eigenvalue weighted by atomic mass is 9.80. The average Bonchev–Trinajstić information content (AvgIpc) is 2.45. The molecule has 0 aliphatic carbocycles. The first-order valence-corrected chi connectivity index (χ1v) is 7.53. The molecule has 0 radical (unpaired) electrons. The van der Waals surface area contributed by atoms with E-state index in [1.807, 2.05) is 0 Å². The molecule has 1 fully saturated rings. The third-order valence-electron chi connectivity index (χ3n) is 4.35. The number of rotatable bonds is 5. The fourth-order valence-corrected chi connectivity index (χ4v) is 3.27. The topological polar surface area (TPSA) is 29.3 Å². The number of halogens is 2. The highest BCUT2D eigenvalue weighted by Gasteiger charge is 2.28. The first-order chi connectivity index (χ1) is 9.65. The van der Waals surface area contributed by atoms with Crippen molar-refractivity contribution in [1.82, 2.24) is 4.90 Å². The summed E-state index contributed by atoms with van der Waals surface area (Å²) >= 11 is 0. The second-order valence-corrected chi connectivity index (χ2v) is 5.69. The van der Waals surface area contributed by atoms with Crippen LogP contribution in [0, 0.1) is 17.6 Å². The Morgan fingerprint density at radius 3 is 2.60 bits per heavy atom. The second kappa shape index (κ2) is 7.14. The number of nitrogens with zero attached hydrogens (tertiary/aromatic N) is 1. The Labute approximate surface area is 120 Å². The van der Waals surface area contributed by atoms with Crippen LogP contribution in [0.2, 0.25) is 0 Å². The third-order valence-corrected chi connectivity index (χ3v) is 4.35. The van der Waals surface area contributed by atoms with Crippen LogP contribution in [-0.4, -0.2) is 31.1 Å². The quantitative estimate of drug-likeness (QED) is 0.899. The number of hydrogen-bond acceptors (Lipinski definition) is 2. The SMILES string of the molecule is CCCN1CCC(C(CN)c2cc(F)ccc2F)CC1. The predicted octanol–water partition coefficient (Wildman–Crippen LogP) is 3.13. The molecule has 0 spiro atoms. The van der Waals surface area contributed by atoms with E-state index in [2.05, 4.69) is 11.8 Å². The van der Waals surface area contributed by atoms with Gasteiger partial charge in [0, 0.05) is 5.92 Å². The van der Waals surface area contributed by atoms with Crippen molar-refractivity contribution in [1.29, 1.82) is 0 Å². The van der Waals surface area contributed by atoms with Crippen LogP contribution in [0.1, 0.15) is 37.7 Å². The Morgan fingerprint density at radius 2 is 2.00 bits per heavy atom. The minimum Gasteiger partial charge on any atom is -0.330 e. The molecule has 1 aromatic rings. The van der Waals surface area contributed by atoms with Crippen LogP contribution in [0.25, 0.3) is 0 Å². The summed E-state index contributed by atoms with van der Waals surface area (Å²) in [4.78, 5) is 2.44. The van der Waals surface area contributed by atoms with Crippen molar-refractivity contribution < 1.29 is 8.78 Å². The molecule has 2 nitrogen and oxygen atoms in total. The van der Waals surface area contributed by atoms with Gasteiger partial charge in [0.2, 0.25) is 0 Å². The molecule has 112 valence electrons. The number of piperidine rings is 1. The largest absolute Gasteiger partial charge is 0.330 e. The third kappa shape index (κ3) is 3.55. The average molecular weight is 282 g/mol. The molecule has 1 aromatic carbocycles. The Kier molecular flexibility index (Phi) is 5.49. The summed E-state index contributed by atoms with van der Waals surface area (Å²) in [5.74, 6) is -0.444. The molecule has 2 rings (SSSR count). The standard InChI is InChI=1S/C16H24F2N2/c1-2-7-20-8-5-12(6-9-20)15(11-19)14-10-13(17)3-4-16(14)18/h3-4,10,12,15H,2,5-9,11,19H2,1H3. The fraction of sp³-hybridized carbons (Fsp3) is 0.625. The van der Waals surface area contributed by atoms with Gasteiger partial charge < -0.3 is 10.6 Å². The Bertz CT molecular complexity index is 428. The zero-order valence-corrected chi connectivity index (χ0v) is 12.1. The molecule has 1 heterocycles. The normalized spacial score (nSPS) is 19.2. The zero-order valence-electron chi connectivity index (χ0n) is 12.1. The molecular weight excluding hydrogens is 258 g/mol. The lowest BCUT2D eigenvalue weighted by Crippen LogP contribution is -2.37. The molecule has 20 heavy (non-hydrogen) atoms. The fourth-order valence-electron chi connectivity index (χ4n) is 3.27. The minimum atomic E-state index is -0.386. The molecule has 1 atom stereocenters. The van der Waals surface area contributed by atoms with Gasteiger partial charge in [-0.3, -0.25) is 0 Å². The van der Waals surface area contributed by atoms with E-state index in [1.54, 1.807) is 0 Å². The van der Waals surface area contributed by atoms with Crippen LogP contribution in [0.4, 0.5) is 8.78 Å². The van der Waals surface area contributed by atoms with Gasteiger partial charge in [0.15, 0.2) is 0 Å². The van der Waals surface area contributed by atoms with Gasteiger partial charge in [-0.15, -0.1) is 0 Å². The van der Waals surface area contributed by atoms with E-state index in [9.17, 15) is 8.78 Å². The van der Waals surface area contributed by atoms with Gasteiger partial charge in [0.1, 0.15) is 11.6 Å². The van der Waals surface area contributed by atoms with Gasteiger partial charge in [-0.2, -0.15) is 0 Å². The molecule has 1 unspecified atom stereocenters. The summed E-state index contributed by atoms with van der Waals surface area (Å²) in [6, 6.07) is 3.68. The summed E-state index contributed by atoms with van der Waals surface area (Å²) in [7, 11) is 0. The lowest BCUT2D eigenvalue weighted by Gasteiger charge is -2.36. The van der Waals surface area contributed by atoms with Crippen molar-refractivity contribution in [3.8, 4) is 0 Å². The minimum absolute atomic E-state index is 0.0746. The highest BCUT2D eigenvalue weighted by atomic mass is 19.1. The molecule has 0 amide bonds. The lowest BCUT2D eigenvalue weighted by molar-refractivity contribution is 0.168. The summed E-state index contributed by atoms with van der Waals surface area (Å²) in [6.07, 6.45) is 3.18. The molecule has 1 aliphatic rings. The zero-order chi connectivity index (χ0) is 14.5. The highest BCUT2D eigenvalue weighted by molar-refractivity contribution is 5.24. The summed E-state index contributed by atoms with van der Waals surface area (Å²) in [5, 5.41) is 0. The monoisotopic (exact) mass is 282 g/mol. The second-order valence-electron chi connectivity index (χ2n) is 5.69. The molecule has 0 bridgehead atoms. The number of benzene rings is 1. The van der Waals surface area contributed by atoms with E-state index in [0.717, 1.165) is 45.0 Å². The maximum Gasteiger partial charge on any atom is 0.126 e. The van der Waals surface area contributed by atoms with E-state index >= 15 is 0 Å². The van der Waals surface area contributed by atoms with E-state index in [0.29, 0.717) is 18.0 Å². The first-order valence-electron chi connectivity index (χ1n) is 7.53. The van der Waals surface area contributed by atoms with E-state index in [-0.39, 0.29) is 17.6 Å². The van der Waals surface area contributed by atoms with Gasteiger partial charge in [-0.05, 0) is 75.1 Å². The van der Waals surface area contributed by atoms with Crippen LogP contribution in [0.15, 0.2) is 18.2 Å². The maximum absolute atomic E-state index is 13.9. The molecule has 0 saturated carbocycles. The number of likely N-dealkylation sites (tertiary alicyclic amines) is 1. The number of nitrogens with two attached hydrogens (primary N) is 1. The van der Waals surface area contributed by atoms with Gasteiger partial charge in [0.25, 0.3) is 0 Å². The van der Waals surface area contributed by atoms with Crippen molar-refractivity contribution in [2.75, 3.05) is 26.2 Å². The van der Waals surface area contributed by atoms with E-state index in [1.165, 1.54) is 12.1 Å². The summed E-state index contributed by atoms with van der Waals surface area (Å²) in [5.41, 5.74) is 6.29. The van der Waals surface area contributed by atoms with Crippen LogP contribution in [-0.2, 0) is 0 Å². The Morgan fingerprint density at radius 1 is 1.30 bits per heavy atom. The van der Waals surface area contributed by atoms with Crippen molar-refractivity contribution in [2.45, 2.75) is 32.1 Å².